The van der Waals surface area contributed by atoms with Gasteiger partial charge in [-0.2, -0.15) is 5.10 Å². The number of benzene rings is 1. The fraction of sp³-hybridized carbons (Fsp3) is 0.318. The number of fused-ring (bicyclic) bond motifs is 2. The first-order chi connectivity index (χ1) is 13.5. The third kappa shape index (κ3) is 2.76. The van der Waals surface area contributed by atoms with E-state index in [2.05, 4.69) is 10.4 Å². The molecule has 1 aromatic carbocycles. The van der Waals surface area contributed by atoms with Crippen molar-refractivity contribution in [3.8, 4) is 0 Å². The molecule has 1 amide bonds. The van der Waals surface area contributed by atoms with Crippen LogP contribution in [0, 0.1) is 6.92 Å². The van der Waals surface area contributed by atoms with E-state index in [1.807, 2.05) is 57.3 Å². The van der Waals surface area contributed by atoms with Crippen LogP contribution >= 0.6 is 0 Å². The predicted molar refractivity (Wildman–Crippen MR) is 107 cm³/mol. The molecule has 0 spiro atoms. The van der Waals surface area contributed by atoms with E-state index in [1.54, 1.807) is 4.68 Å². The number of carbonyl (C=O) groups is 1. The van der Waals surface area contributed by atoms with Gasteiger partial charge in [0, 0.05) is 24.0 Å². The molecule has 5 rings (SSSR count). The molecule has 1 fully saturated rings. The molecule has 0 aliphatic heterocycles. The zero-order chi connectivity index (χ0) is 19.4. The van der Waals surface area contributed by atoms with Gasteiger partial charge >= 0.3 is 0 Å². The Bertz CT molecular complexity index is 1180. The van der Waals surface area contributed by atoms with Crippen molar-refractivity contribution in [3.05, 3.63) is 59.1 Å². The van der Waals surface area contributed by atoms with Crippen LogP contribution in [0.15, 0.2) is 40.8 Å². The van der Waals surface area contributed by atoms with Gasteiger partial charge in [0.1, 0.15) is 11.3 Å². The van der Waals surface area contributed by atoms with Crippen molar-refractivity contribution < 1.29 is 9.21 Å². The Balaban J connectivity index is 1.51. The minimum absolute atomic E-state index is 0.127. The molecule has 3 heterocycles. The van der Waals surface area contributed by atoms with Crippen LogP contribution in [-0.4, -0.2) is 20.7 Å². The second kappa shape index (κ2) is 6.19. The average Bonchev–Trinajstić information content (AvgIpc) is 3.37. The number of aryl methyl sites for hydroxylation is 2. The summed E-state index contributed by atoms with van der Waals surface area (Å²) in [6.07, 6.45) is 2.26. The minimum atomic E-state index is -0.246. The summed E-state index contributed by atoms with van der Waals surface area (Å²) >= 11 is 0. The topological polar surface area (TPSA) is 73.0 Å². The number of furan rings is 1. The second-order valence-electron chi connectivity index (χ2n) is 7.66. The van der Waals surface area contributed by atoms with E-state index in [-0.39, 0.29) is 11.9 Å². The van der Waals surface area contributed by atoms with Crippen molar-refractivity contribution in [2.24, 2.45) is 7.05 Å². The lowest BCUT2D eigenvalue weighted by atomic mass is 10.1. The van der Waals surface area contributed by atoms with Gasteiger partial charge in [-0.1, -0.05) is 18.2 Å². The number of nitrogens with one attached hydrogen (secondary N) is 1. The Morgan fingerprint density at radius 2 is 2.07 bits per heavy atom. The van der Waals surface area contributed by atoms with E-state index >= 15 is 0 Å². The zero-order valence-corrected chi connectivity index (χ0v) is 16.2. The highest BCUT2D eigenvalue weighted by Crippen LogP contribution is 2.40. The summed E-state index contributed by atoms with van der Waals surface area (Å²) in [6, 6.07) is 11.5. The average molecular weight is 374 g/mol. The van der Waals surface area contributed by atoms with E-state index in [9.17, 15) is 4.79 Å². The second-order valence-corrected chi connectivity index (χ2v) is 7.66. The molecule has 1 atom stereocenters. The molecule has 1 aliphatic rings. The third-order valence-corrected chi connectivity index (χ3v) is 5.45. The molecule has 142 valence electrons. The molecule has 1 N–H and O–H groups in total. The summed E-state index contributed by atoms with van der Waals surface area (Å²) < 4.78 is 7.67. The summed E-state index contributed by atoms with van der Waals surface area (Å²) in [4.78, 5) is 18.0. The van der Waals surface area contributed by atoms with Crippen molar-refractivity contribution in [1.82, 2.24) is 20.1 Å². The number of hydrogen-bond donors (Lipinski definition) is 1. The van der Waals surface area contributed by atoms with Gasteiger partial charge in [0.2, 0.25) is 0 Å². The van der Waals surface area contributed by atoms with Crippen molar-refractivity contribution in [3.63, 3.8) is 0 Å². The lowest BCUT2D eigenvalue weighted by Gasteiger charge is -2.13. The van der Waals surface area contributed by atoms with Crippen LogP contribution in [0.3, 0.4) is 0 Å². The molecule has 0 bridgehead atoms. The number of pyridine rings is 1. The lowest BCUT2D eigenvalue weighted by molar-refractivity contribution is 0.0937. The third-order valence-electron chi connectivity index (χ3n) is 5.45. The van der Waals surface area contributed by atoms with Crippen LogP contribution in [0.25, 0.3) is 22.0 Å². The first kappa shape index (κ1) is 17.0. The SMILES string of the molecule is Cc1nn(C)c2nc(C3CC3)cc(C(=O)N[C@H](C)c3cc4ccccc4o3)c12. The van der Waals surface area contributed by atoms with E-state index in [0.717, 1.165) is 52.0 Å². The number of nitrogens with zero attached hydrogens (tertiary/aromatic N) is 3. The lowest BCUT2D eigenvalue weighted by Crippen LogP contribution is -2.27. The first-order valence-electron chi connectivity index (χ1n) is 9.65. The molecule has 3 aromatic heterocycles. The minimum Gasteiger partial charge on any atom is -0.459 e. The van der Waals surface area contributed by atoms with Crippen molar-refractivity contribution in [2.45, 2.75) is 38.6 Å². The standard InChI is InChI=1S/C22H22N4O2/c1-12(19-10-15-6-4-5-7-18(15)28-19)23-22(27)16-11-17(14-8-9-14)24-21-20(16)13(2)25-26(21)3/h4-7,10-12,14H,8-9H2,1-3H3,(H,23,27)/t12-/m1/s1. The first-order valence-corrected chi connectivity index (χ1v) is 9.65. The molecule has 4 aromatic rings. The molecule has 6 heteroatoms. The summed E-state index contributed by atoms with van der Waals surface area (Å²) in [5.41, 5.74) is 4.03. The quantitative estimate of drug-likeness (QED) is 0.575. The van der Waals surface area contributed by atoms with Crippen LogP contribution in [0.5, 0.6) is 0 Å². The number of hydrogen-bond acceptors (Lipinski definition) is 4. The maximum atomic E-state index is 13.2. The fourth-order valence-corrected chi connectivity index (χ4v) is 3.79. The summed E-state index contributed by atoms with van der Waals surface area (Å²) in [5, 5.41) is 9.42. The highest BCUT2D eigenvalue weighted by atomic mass is 16.3. The highest BCUT2D eigenvalue weighted by Gasteiger charge is 2.29. The molecule has 0 unspecified atom stereocenters. The maximum absolute atomic E-state index is 13.2. The van der Waals surface area contributed by atoms with Gasteiger partial charge < -0.3 is 9.73 Å². The van der Waals surface area contributed by atoms with E-state index in [1.165, 1.54) is 0 Å². The predicted octanol–water partition coefficient (Wildman–Crippen LogP) is 4.39. The Morgan fingerprint density at radius 3 is 2.82 bits per heavy atom. The van der Waals surface area contributed by atoms with E-state index in [4.69, 9.17) is 9.40 Å². The Morgan fingerprint density at radius 1 is 1.29 bits per heavy atom. The van der Waals surface area contributed by atoms with Crippen LogP contribution in [0.4, 0.5) is 0 Å². The smallest absolute Gasteiger partial charge is 0.252 e. The molecule has 0 radical (unpaired) electrons. The van der Waals surface area contributed by atoms with Gasteiger partial charge in [0.25, 0.3) is 5.91 Å². The van der Waals surface area contributed by atoms with Gasteiger partial charge in [-0.25, -0.2) is 4.98 Å². The Hall–Kier alpha value is -3.15. The van der Waals surface area contributed by atoms with Crippen LogP contribution < -0.4 is 5.32 Å². The van der Waals surface area contributed by atoms with E-state index < -0.39 is 0 Å². The van der Waals surface area contributed by atoms with Gasteiger partial charge in [0.05, 0.1) is 22.7 Å². The van der Waals surface area contributed by atoms with E-state index in [0.29, 0.717) is 11.5 Å². The molecule has 0 saturated heterocycles. The number of rotatable bonds is 4. The van der Waals surface area contributed by atoms with Crippen molar-refractivity contribution >= 4 is 27.9 Å². The largest absolute Gasteiger partial charge is 0.459 e. The molecule has 1 aliphatic carbocycles. The summed E-state index contributed by atoms with van der Waals surface area (Å²) in [6.45, 7) is 3.85. The normalized spacial score (nSPS) is 15.2. The molecular weight excluding hydrogens is 352 g/mol. The van der Waals surface area contributed by atoms with Gasteiger partial charge in [-0.3, -0.25) is 9.48 Å². The van der Waals surface area contributed by atoms with Gasteiger partial charge in [-0.05, 0) is 44.9 Å². The summed E-state index contributed by atoms with van der Waals surface area (Å²) in [5.74, 6) is 1.07. The fourth-order valence-electron chi connectivity index (χ4n) is 3.79. The number of para-hydroxylation sites is 1. The van der Waals surface area contributed by atoms with Gasteiger partial charge in [0.15, 0.2) is 5.65 Å². The van der Waals surface area contributed by atoms with Crippen LogP contribution in [0.2, 0.25) is 0 Å². The summed E-state index contributed by atoms with van der Waals surface area (Å²) in [7, 11) is 1.87. The highest BCUT2D eigenvalue weighted by molar-refractivity contribution is 6.06. The zero-order valence-electron chi connectivity index (χ0n) is 16.2. The molecule has 28 heavy (non-hydrogen) atoms. The maximum Gasteiger partial charge on any atom is 0.252 e. The number of aromatic nitrogens is 3. The van der Waals surface area contributed by atoms with Crippen LogP contribution in [-0.2, 0) is 7.05 Å². The van der Waals surface area contributed by atoms with Crippen LogP contribution in [0.1, 0.15) is 59.2 Å². The van der Waals surface area contributed by atoms with Crippen molar-refractivity contribution in [2.75, 3.05) is 0 Å². The number of carbonyl (C=O) groups excluding carboxylic acids is 1. The Labute approximate surface area is 162 Å². The van der Waals surface area contributed by atoms with Gasteiger partial charge in [-0.15, -0.1) is 0 Å². The molecule has 6 nitrogen and oxygen atoms in total. The monoisotopic (exact) mass is 374 g/mol. The van der Waals surface area contributed by atoms with Crippen molar-refractivity contribution in [1.29, 1.82) is 0 Å². The molecule has 1 saturated carbocycles. The molecular formula is C22H22N4O2. The number of amides is 1. The Kier molecular flexibility index (Phi) is 3.75.